The van der Waals surface area contributed by atoms with Gasteiger partial charge < -0.3 is 11.1 Å². The Hall–Kier alpha value is -0.770. The van der Waals surface area contributed by atoms with Gasteiger partial charge in [-0.05, 0) is 37.1 Å². The van der Waals surface area contributed by atoms with Crippen molar-refractivity contribution in [3.8, 4) is 0 Å². The van der Waals surface area contributed by atoms with Crippen molar-refractivity contribution in [1.29, 1.82) is 0 Å². The van der Waals surface area contributed by atoms with Crippen molar-refractivity contribution in [2.75, 3.05) is 13.1 Å². The van der Waals surface area contributed by atoms with Crippen LogP contribution in [0.15, 0.2) is 24.3 Å². The van der Waals surface area contributed by atoms with E-state index in [0.717, 1.165) is 18.4 Å². The van der Waals surface area contributed by atoms with Crippen LogP contribution >= 0.6 is 24.0 Å². The molecule has 0 saturated heterocycles. The summed E-state index contributed by atoms with van der Waals surface area (Å²) in [5.74, 6) is 0.0411. The Bertz CT molecular complexity index is 328. The van der Waals surface area contributed by atoms with Crippen molar-refractivity contribution in [1.82, 2.24) is 5.32 Å². The summed E-state index contributed by atoms with van der Waals surface area (Å²) in [7, 11) is 0. The number of unbranched alkanes of at least 4 members (excludes halogenated alkanes) is 1. The van der Waals surface area contributed by atoms with Crippen LogP contribution in [-0.4, -0.2) is 19.0 Å². The molecule has 1 aromatic rings. The Morgan fingerprint density at radius 2 is 1.88 bits per heavy atom. The minimum atomic E-state index is 0. The van der Waals surface area contributed by atoms with Gasteiger partial charge >= 0.3 is 0 Å². The fourth-order valence-electron chi connectivity index (χ4n) is 1.35. The van der Waals surface area contributed by atoms with Crippen LogP contribution in [-0.2, 0) is 11.2 Å². The summed E-state index contributed by atoms with van der Waals surface area (Å²) < 4.78 is 0. The molecule has 1 aromatic carbocycles. The lowest BCUT2D eigenvalue weighted by molar-refractivity contribution is -0.120. The molecule has 0 aliphatic carbocycles. The molecule has 17 heavy (non-hydrogen) atoms. The highest BCUT2D eigenvalue weighted by Crippen LogP contribution is 2.09. The minimum absolute atomic E-state index is 0. The second-order valence-corrected chi connectivity index (χ2v) is 4.09. The molecule has 1 amide bonds. The molecule has 5 heteroatoms. The van der Waals surface area contributed by atoms with Gasteiger partial charge in [-0.15, -0.1) is 12.4 Å². The Morgan fingerprint density at radius 1 is 1.24 bits per heavy atom. The Morgan fingerprint density at radius 3 is 2.47 bits per heavy atom. The van der Waals surface area contributed by atoms with E-state index in [0.29, 0.717) is 24.5 Å². The zero-order valence-electron chi connectivity index (χ0n) is 9.62. The van der Waals surface area contributed by atoms with Crippen LogP contribution in [0.5, 0.6) is 0 Å². The Kier molecular flexibility index (Phi) is 8.86. The van der Waals surface area contributed by atoms with E-state index in [1.807, 2.05) is 12.1 Å². The molecule has 0 unspecified atom stereocenters. The number of nitrogens with one attached hydrogen (secondary N) is 1. The number of hydrogen-bond acceptors (Lipinski definition) is 2. The average molecular weight is 277 g/mol. The number of carbonyl (C=O) groups is 1. The quantitative estimate of drug-likeness (QED) is 0.783. The number of carbonyl (C=O) groups excluding carboxylic acids is 1. The molecule has 0 radical (unpaired) electrons. The SMILES string of the molecule is Cl.NCCCCNC(=O)Cc1ccc(Cl)cc1. The number of hydrogen-bond donors (Lipinski definition) is 2. The Balaban J connectivity index is 0.00000256. The van der Waals surface area contributed by atoms with Crippen molar-refractivity contribution in [3.63, 3.8) is 0 Å². The molecule has 3 nitrogen and oxygen atoms in total. The molecule has 0 bridgehead atoms. The number of nitrogens with two attached hydrogens (primary N) is 1. The first-order valence-electron chi connectivity index (χ1n) is 5.43. The van der Waals surface area contributed by atoms with Crippen LogP contribution in [0.4, 0.5) is 0 Å². The number of amides is 1. The van der Waals surface area contributed by atoms with Gasteiger partial charge in [-0.2, -0.15) is 0 Å². The third kappa shape index (κ3) is 7.21. The van der Waals surface area contributed by atoms with Crippen molar-refractivity contribution in [3.05, 3.63) is 34.9 Å². The average Bonchev–Trinajstić information content (AvgIpc) is 2.28. The first-order valence-corrected chi connectivity index (χ1v) is 5.81. The molecule has 1 rings (SSSR count). The van der Waals surface area contributed by atoms with Gasteiger partial charge in [0.25, 0.3) is 0 Å². The summed E-state index contributed by atoms with van der Waals surface area (Å²) in [4.78, 5) is 11.5. The maximum Gasteiger partial charge on any atom is 0.224 e. The molecule has 0 atom stereocenters. The zero-order chi connectivity index (χ0) is 11.8. The lowest BCUT2D eigenvalue weighted by atomic mass is 10.1. The normalized spacial score (nSPS) is 9.53. The van der Waals surface area contributed by atoms with E-state index < -0.39 is 0 Å². The molecule has 0 aliphatic rings. The van der Waals surface area contributed by atoms with Gasteiger partial charge in [-0.1, -0.05) is 23.7 Å². The summed E-state index contributed by atoms with van der Waals surface area (Å²) in [6, 6.07) is 7.31. The number of rotatable bonds is 6. The molecule has 0 saturated carbocycles. The van der Waals surface area contributed by atoms with Gasteiger partial charge in [0.1, 0.15) is 0 Å². The topological polar surface area (TPSA) is 55.1 Å². The first-order chi connectivity index (χ1) is 7.72. The van der Waals surface area contributed by atoms with Gasteiger partial charge in [0.05, 0.1) is 6.42 Å². The van der Waals surface area contributed by atoms with Gasteiger partial charge in [0, 0.05) is 11.6 Å². The van der Waals surface area contributed by atoms with Crippen molar-refractivity contribution >= 4 is 29.9 Å². The van der Waals surface area contributed by atoms with Crippen molar-refractivity contribution < 1.29 is 4.79 Å². The molecule has 0 aliphatic heterocycles. The highest BCUT2D eigenvalue weighted by Gasteiger charge is 2.02. The second kappa shape index (κ2) is 9.28. The summed E-state index contributed by atoms with van der Waals surface area (Å²) in [5.41, 5.74) is 6.33. The molecule has 0 aromatic heterocycles. The smallest absolute Gasteiger partial charge is 0.224 e. The third-order valence-electron chi connectivity index (χ3n) is 2.23. The summed E-state index contributed by atoms with van der Waals surface area (Å²) in [6.07, 6.45) is 2.28. The zero-order valence-corrected chi connectivity index (χ0v) is 11.2. The maximum atomic E-state index is 11.5. The lowest BCUT2D eigenvalue weighted by Crippen LogP contribution is -2.26. The Labute approximate surface area is 113 Å². The lowest BCUT2D eigenvalue weighted by Gasteiger charge is -2.04. The second-order valence-electron chi connectivity index (χ2n) is 3.65. The van der Waals surface area contributed by atoms with E-state index in [-0.39, 0.29) is 18.3 Å². The van der Waals surface area contributed by atoms with E-state index in [4.69, 9.17) is 17.3 Å². The molecule has 96 valence electrons. The van der Waals surface area contributed by atoms with Gasteiger partial charge in [0.2, 0.25) is 5.91 Å². The van der Waals surface area contributed by atoms with Crippen LogP contribution < -0.4 is 11.1 Å². The maximum absolute atomic E-state index is 11.5. The predicted octanol–water partition coefficient (Wildman–Crippen LogP) is 2.16. The summed E-state index contributed by atoms with van der Waals surface area (Å²) >= 11 is 5.75. The van der Waals surface area contributed by atoms with Gasteiger partial charge in [0.15, 0.2) is 0 Å². The third-order valence-corrected chi connectivity index (χ3v) is 2.48. The molecular weight excluding hydrogens is 259 g/mol. The van der Waals surface area contributed by atoms with E-state index in [9.17, 15) is 4.79 Å². The summed E-state index contributed by atoms with van der Waals surface area (Å²) in [5, 5.41) is 3.54. The van der Waals surface area contributed by atoms with Crippen LogP contribution in [0.2, 0.25) is 5.02 Å². The van der Waals surface area contributed by atoms with Gasteiger partial charge in [-0.25, -0.2) is 0 Å². The highest BCUT2D eigenvalue weighted by atomic mass is 35.5. The van der Waals surface area contributed by atoms with Crippen molar-refractivity contribution in [2.24, 2.45) is 5.73 Å². The van der Waals surface area contributed by atoms with Crippen LogP contribution in [0.25, 0.3) is 0 Å². The number of benzene rings is 1. The molecule has 0 heterocycles. The standard InChI is InChI=1S/C12H17ClN2O.ClH/c13-11-5-3-10(4-6-11)9-12(16)15-8-2-1-7-14;/h3-6H,1-2,7-9,14H2,(H,15,16);1H. The van der Waals surface area contributed by atoms with Crippen LogP contribution in [0.1, 0.15) is 18.4 Å². The molecule has 0 fully saturated rings. The van der Waals surface area contributed by atoms with Crippen LogP contribution in [0.3, 0.4) is 0 Å². The molecule has 3 N–H and O–H groups in total. The predicted molar refractivity (Wildman–Crippen MR) is 73.7 cm³/mol. The largest absolute Gasteiger partial charge is 0.356 e. The summed E-state index contributed by atoms with van der Waals surface area (Å²) in [6.45, 7) is 1.37. The monoisotopic (exact) mass is 276 g/mol. The van der Waals surface area contributed by atoms with E-state index in [2.05, 4.69) is 5.32 Å². The van der Waals surface area contributed by atoms with E-state index >= 15 is 0 Å². The van der Waals surface area contributed by atoms with Crippen LogP contribution in [0, 0.1) is 0 Å². The van der Waals surface area contributed by atoms with Crippen molar-refractivity contribution in [2.45, 2.75) is 19.3 Å². The molecular formula is C12H18Cl2N2O. The molecule has 0 spiro atoms. The fourth-order valence-corrected chi connectivity index (χ4v) is 1.47. The highest BCUT2D eigenvalue weighted by molar-refractivity contribution is 6.30. The van der Waals surface area contributed by atoms with E-state index in [1.54, 1.807) is 12.1 Å². The first kappa shape index (κ1) is 16.2. The van der Waals surface area contributed by atoms with Gasteiger partial charge in [-0.3, -0.25) is 4.79 Å². The fraction of sp³-hybridized carbons (Fsp3) is 0.417. The minimum Gasteiger partial charge on any atom is -0.356 e. The van der Waals surface area contributed by atoms with E-state index in [1.165, 1.54) is 0 Å². The number of halogens is 2.